The van der Waals surface area contributed by atoms with Crippen LogP contribution in [0.1, 0.15) is 25.1 Å². The number of nitrogen functional groups attached to an aromatic ring is 1. The summed E-state index contributed by atoms with van der Waals surface area (Å²) < 4.78 is 42.2. The van der Waals surface area contributed by atoms with Crippen LogP contribution in [0.2, 0.25) is 0 Å². The Morgan fingerprint density at radius 3 is 2.53 bits per heavy atom. The van der Waals surface area contributed by atoms with E-state index in [1.807, 2.05) is 0 Å². The van der Waals surface area contributed by atoms with E-state index in [2.05, 4.69) is 10.1 Å². The molecule has 2 N–H and O–H groups in total. The van der Waals surface area contributed by atoms with Crippen LogP contribution in [-0.4, -0.2) is 20.5 Å². The smallest absolute Gasteiger partial charge is 0.284 e. The summed E-state index contributed by atoms with van der Waals surface area (Å²) in [6, 6.07) is 2.91. The van der Waals surface area contributed by atoms with Crippen LogP contribution in [0.5, 0.6) is 0 Å². The molecular formula is C11H10F3N5. The Kier molecular flexibility index (Phi) is 2.66. The third-order valence-electron chi connectivity index (χ3n) is 2.92. The second-order valence-corrected chi connectivity index (χ2v) is 4.36. The van der Waals surface area contributed by atoms with E-state index in [0.29, 0.717) is 13.8 Å². The van der Waals surface area contributed by atoms with Gasteiger partial charge in [0.15, 0.2) is 0 Å². The summed E-state index contributed by atoms with van der Waals surface area (Å²) in [5.41, 5.74) is 1.75. The van der Waals surface area contributed by atoms with Gasteiger partial charge in [-0.15, -0.1) is 5.10 Å². The van der Waals surface area contributed by atoms with E-state index in [9.17, 15) is 13.2 Å². The highest BCUT2D eigenvalue weighted by atomic mass is 19.3. The Labute approximate surface area is 106 Å². The summed E-state index contributed by atoms with van der Waals surface area (Å²) in [4.78, 5) is 3.67. The van der Waals surface area contributed by atoms with Crippen LogP contribution in [0.4, 0.5) is 19.1 Å². The van der Waals surface area contributed by atoms with Gasteiger partial charge in [-0.2, -0.15) is 5.26 Å². The fourth-order valence-electron chi connectivity index (χ4n) is 1.73. The van der Waals surface area contributed by atoms with Crippen LogP contribution in [0, 0.1) is 11.3 Å². The Balaban J connectivity index is 2.85. The van der Waals surface area contributed by atoms with Crippen molar-refractivity contribution in [2.24, 2.45) is 0 Å². The molecule has 0 aliphatic carbocycles. The van der Waals surface area contributed by atoms with E-state index in [-0.39, 0.29) is 17.0 Å². The van der Waals surface area contributed by atoms with E-state index in [4.69, 9.17) is 11.0 Å². The molecule has 19 heavy (non-hydrogen) atoms. The predicted octanol–water partition coefficient (Wildman–Crippen LogP) is 2.02. The van der Waals surface area contributed by atoms with E-state index in [1.165, 1.54) is 12.3 Å². The number of alkyl halides is 3. The zero-order valence-corrected chi connectivity index (χ0v) is 10.2. The van der Waals surface area contributed by atoms with Gasteiger partial charge < -0.3 is 5.73 Å². The molecule has 0 saturated heterocycles. The molecule has 0 amide bonds. The quantitative estimate of drug-likeness (QED) is 0.904. The summed E-state index contributed by atoms with van der Waals surface area (Å²) >= 11 is 0. The molecule has 2 aromatic rings. The molecular weight excluding hydrogens is 259 g/mol. The molecule has 0 saturated carbocycles. The zero-order valence-electron chi connectivity index (χ0n) is 10.2. The van der Waals surface area contributed by atoms with Crippen molar-refractivity contribution in [3.05, 3.63) is 23.5 Å². The fourth-order valence-corrected chi connectivity index (χ4v) is 1.73. The third kappa shape index (κ3) is 1.87. The number of nitriles is 1. The summed E-state index contributed by atoms with van der Waals surface area (Å²) in [7, 11) is 0. The van der Waals surface area contributed by atoms with E-state index in [1.54, 1.807) is 6.07 Å². The number of aromatic nitrogens is 3. The van der Waals surface area contributed by atoms with Gasteiger partial charge in [0, 0.05) is 6.92 Å². The summed E-state index contributed by atoms with van der Waals surface area (Å²) in [5.74, 6) is -3.89. The van der Waals surface area contributed by atoms with Gasteiger partial charge in [-0.3, -0.25) is 0 Å². The molecule has 0 spiro atoms. The lowest BCUT2D eigenvalue weighted by atomic mass is 9.95. The lowest BCUT2D eigenvalue weighted by Crippen LogP contribution is -2.38. The molecule has 8 heteroatoms. The Morgan fingerprint density at radius 1 is 1.37 bits per heavy atom. The minimum atomic E-state index is -3.69. The molecule has 1 atom stereocenters. The molecule has 0 aliphatic rings. The fraction of sp³-hybridized carbons (Fsp3) is 0.364. The number of nitrogens with two attached hydrogens (primary N) is 1. The van der Waals surface area contributed by atoms with Gasteiger partial charge in [-0.05, 0) is 13.0 Å². The molecule has 5 nitrogen and oxygen atoms in total. The van der Waals surface area contributed by atoms with Crippen molar-refractivity contribution in [3.63, 3.8) is 0 Å². The van der Waals surface area contributed by atoms with Crippen LogP contribution in [0.3, 0.4) is 0 Å². The molecule has 0 radical (unpaired) electrons. The lowest BCUT2D eigenvalue weighted by molar-refractivity contribution is -0.122. The molecule has 2 rings (SSSR count). The van der Waals surface area contributed by atoms with Gasteiger partial charge in [0.2, 0.25) is 11.6 Å². The monoisotopic (exact) mass is 269 g/mol. The number of rotatable bonds is 2. The standard InChI is InChI=1S/C11H10F3N5/c1-10(12,11(2,13)14)8-6(4-15)3-7-5-17-9(16)18-19(7)8/h3,5H,1-2H3,(H2,16,18). The molecule has 0 aromatic carbocycles. The Hall–Kier alpha value is -2.30. The number of anilines is 1. The SMILES string of the molecule is CC(F)(F)C(C)(F)c1c(C#N)cc2cnc(N)nn12. The average molecular weight is 269 g/mol. The molecule has 0 fully saturated rings. The number of halogens is 3. The second-order valence-electron chi connectivity index (χ2n) is 4.36. The number of fused-ring (bicyclic) bond motifs is 1. The first-order valence-corrected chi connectivity index (χ1v) is 5.30. The Morgan fingerprint density at radius 2 is 2.00 bits per heavy atom. The third-order valence-corrected chi connectivity index (χ3v) is 2.92. The first-order valence-electron chi connectivity index (χ1n) is 5.30. The van der Waals surface area contributed by atoms with Crippen LogP contribution >= 0.6 is 0 Å². The number of hydrogen-bond acceptors (Lipinski definition) is 4. The topological polar surface area (TPSA) is 80.0 Å². The molecule has 0 aliphatic heterocycles. The van der Waals surface area contributed by atoms with Crippen molar-refractivity contribution in [2.75, 3.05) is 5.73 Å². The van der Waals surface area contributed by atoms with Crippen LogP contribution in [0.15, 0.2) is 12.3 Å². The minimum Gasteiger partial charge on any atom is -0.367 e. The van der Waals surface area contributed by atoms with E-state index < -0.39 is 17.3 Å². The van der Waals surface area contributed by atoms with E-state index >= 15 is 0 Å². The van der Waals surface area contributed by atoms with Crippen molar-refractivity contribution < 1.29 is 13.2 Å². The number of nitrogens with zero attached hydrogens (tertiary/aromatic N) is 4. The van der Waals surface area contributed by atoms with Gasteiger partial charge in [-0.25, -0.2) is 22.7 Å². The normalized spacial score (nSPS) is 15.2. The molecule has 0 bridgehead atoms. The Bertz CT molecular complexity index is 678. The summed E-state index contributed by atoms with van der Waals surface area (Å²) in [6.45, 7) is 1.14. The van der Waals surface area contributed by atoms with Crippen molar-refractivity contribution in [1.82, 2.24) is 14.6 Å². The number of hydrogen-bond donors (Lipinski definition) is 1. The van der Waals surface area contributed by atoms with Crippen molar-refractivity contribution in [2.45, 2.75) is 25.4 Å². The maximum atomic E-state index is 14.4. The second kappa shape index (κ2) is 3.85. The van der Waals surface area contributed by atoms with Gasteiger partial charge in [-0.1, -0.05) is 0 Å². The van der Waals surface area contributed by atoms with Gasteiger partial charge in [0.1, 0.15) is 11.8 Å². The average Bonchev–Trinajstić information content (AvgIpc) is 2.65. The molecule has 100 valence electrons. The van der Waals surface area contributed by atoms with Gasteiger partial charge in [0.05, 0.1) is 17.3 Å². The summed E-state index contributed by atoms with van der Waals surface area (Å²) in [5, 5.41) is 12.6. The van der Waals surface area contributed by atoms with Crippen LogP contribution in [-0.2, 0) is 5.67 Å². The van der Waals surface area contributed by atoms with Crippen molar-refractivity contribution in [1.29, 1.82) is 5.26 Å². The van der Waals surface area contributed by atoms with Crippen LogP contribution in [0.25, 0.3) is 5.52 Å². The van der Waals surface area contributed by atoms with Gasteiger partial charge in [0.25, 0.3) is 5.92 Å². The first-order chi connectivity index (χ1) is 8.68. The first kappa shape index (κ1) is 13.1. The predicted molar refractivity (Wildman–Crippen MR) is 61.2 cm³/mol. The lowest BCUT2D eigenvalue weighted by Gasteiger charge is -2.27. The van der Waals surface area contributed by atoms with E-state index in [0.717, 1.165) is 4.52 Å². The largest absolute Gasteiger partial charge is 0.367 e. The van der Waals surface area contributed by atoms with Crippen molar-refractivity contribution >= 4 is 11.5 Å². The summed E-state index contributed by atoms with van der Waals surface area (Å²) in [6.07, 6.45) is 1.23. The maximum Gasteiger partial charge on any atom is 0.284 e. The highest BCUT2D eigenvalue weighted by molar-refractivity contribution is 5.57. The van der Waals surface area contributed by atoms with Crippen LogP contribution < -0.4 is 5.73 Å². The van der Waals surface area contributed by atoms with Crippen molar-refractivity contribution in [3.8, 4) is 6.07 Å². The molecule has 2 heterocycles. The minimum absolute atomic E-state index is 0.205. The molecule has 2 aromatic heterocycles. The maximum absolute atomic E-state index is 14.4. The van der Waals surface area contributed by atoms with Gasteiger partial charge >= 0.3 is 0 Å². The highest BCUT2D eigenvalue weighted by Gasteiger charge is 2.51. The molecule has 1 unspecified atom stereocenters. The highest BCUT2D eigenvalue weighted by Crippen LogP contribution is 2.42. The zero-order chi connectivity index (χ0) is 14.4.